The number of nitrogens with one attached hydrogen (secondary N) is 2. The molecule has 0 saturated carbocycles. The van der Waals surface area contributed by atoms with Gasteiger partial charge in [0.15, 0.2) is 17.0 Å². The van der Waals surface area contributed by atoms with Crippen LogP contribution in [-0.2, 0) is 4.74 Å². The van der Waals surface area contributed by atoms with Crippen molar-refractivity contribution in [1.29, 1.82) is 0 Å². The number of hydrogen-bond donors (Lipinski definition) is 2. The average Bonchev–Trinajstić information content (AvgIpc) is 3.36. The highest BCUT2D eigenvalue weighted by molar-refractivity contribution is 5.86. The summed E-state index contributed by atoms with van der Waals surface area (Å²) in [4.78, 5) is 19.2. The number of anilines is 4. The number of rotatable bonds is 10. The highest BCUT2D eigenvalue weighted by atomic mass is 16.5. The number of benzene rings is 2. The van der Waals surface area contributed by atoms with Gasteiger partial charge < -0.3 is 20.3 Å². The number of fused-ring (bicyclic) bond motifs is 1. The molecule has 0 aliphatic carbocycles. The standard InChI is InChI=1S/C29H38N8O/c1-21(2)36(22(3)4)15-14-30-27-26-28(37(20-31-26)25-8-6-5-7-9-25)34-29(33-27)32-23-10-12-24(13-11-23)35-16-18-38-19-17-35/h5-13,20-22H,14-19H2,1-4H3,(H2,30,32,33,34). The van der Waals surface area contributed by atoms with E-state index in [9.17, 15) is 0 Å². The molecule has 3 heterocycles. The van der Waals surface area contributed by atoms with Crippen LogP contribution >= 0.6 is 0 Å². The first-order valence-corrected chi connectivity index (χ1v) is 13.5. The molecule has 2 aromatic heterocycles. The molecule has 0 bridgehead atoms. The molecule has 1 aliphatic heterocycles. The summed E-state index contributed by atoms with van der Waals surface area (Å²) >= 11 is 0. The van der Waals surface area contributed by atoms with E-state index < -0.39 is 0 Å². The molecular formula is C29H38N8O. The number of imidazole rings is 1. The number of ether oxygens (including phenoxy) is 1. The second-order valence-electron chi connectivity index (χ2n) is 10.1. The normalized spacial score (nSPS) is 14.1. The van der Waals surface area contributed by atoms with Crippen LogP contribution in [0.1, 0.15) is 27.7 Å². The Labute approximate surface area is 224 Å². The summed E-state index contributed by atoms with van der Waals surface area (Å²) in [6, 6.07) is 19.5. The molecule has 0 unspecified atom stereocenters. The molecule has 2 aromatic carbocycles. The van der Waals surface area contributed by atoms with Crippen molar-refractivity contribution >= 4 is 34.3 Å². The first-order chi connectivity index (χ1) is 18.5. The molecule has 1 fully saturated rings. The van der Waals surface area contributed by atoms with Gasteiger partial charge >= 0.3 is 0 Å². The van der Waals surface area contributed by atoms with Gasteiger partial charge in [0.1, 0.15) is 6.33 Å². The third kappa shape index (κ3) is 5.89. The summed E-state index contributed by atoms with van der Waals surface area (Å²) in [5.41, 5.74) is 4.64. The van der Waals surface area contributed by atoms with Gasteiger partial charge in [-0.1, -0.05) is 18.2 Å². The smallest absolute Gasteiger partial charge is 0.231 e. The highest BCUT2D eigenvalue weighted by Crippen LogP contribution is 2.26. The molecule has 1 aliphatic rings. The SMILES string of the molecule is CC(C)N(CCNc1nc(Nc2ccc(N3CCOCC3)cc2)nc2c1ncn2-c1ccccc1)C(C)C. The van der Waals surface area contributed by atoms with Gasteiger partial charge in [0, 0.05) is 55.3 Å². The third-order valence-electron chi connectivity index (χ3n) is 6.92. The predicted molar refractivity (Wildman–Crippen MR) is 155 cm³/mol. The third-order valence-corrected chi connectivity index (χ3v) is 6.92. The summed E-state index contributed by atoms with van der Waals surface area (Å²) in [5, 5.41) is 6.96. The van der Waals surface area contributed by atoms with Crippen molar-refractivity contribution in [2.45, 2.75) is 39.8 Å². The van der Waals surface area contributed by atoms with Crippen molar-refractivity contribution in [2.75, 3.05) is 54.9 Å². The lowest BCUT2D eigenvalue weighted by molar-refractivity contribution is 0.122. The van der Waals surface area contributed by atoms with Gasteiger partial charge in [-0.3, -0.25) is 9.47 Å². The maximum atomic E-state index is 5.48. The van der Waals surface area contributed by atoms with E-state index >= 15 is 0 Å². The van der Waals surface area contributed by atoms with Crippen LogP contribution in [0.3, 0.4) is 0 Å². The Morgan fingerprint density at radius 1 is 0.895 bits per heavy atom. The van der Waals surface area contributed by atoms with Crippen LogP contribution < -0.4 is 15.5 Å². The minimum atomic E-state index is 0.470. The predicted octanol–water partition coefficient (Wildman–Crippen LogP) is 4.93. The first-order valence-electron chi connectivity index (χ1n) is 13.5. The van der Waals surface area contributed by atoms with Crippen LogP contribution in [0.2, 0.25) is 0 Å². The van der Waals surface area contributed by atoms with Crippen molar-refractivity contribution in [3.8, 4) is 5.69 Å². The summed E-state index contributed by atoms with van der Waals surface area (Å²) in [6.07, 6.45) is 1.81. The molecule has 1 saturated heterocycles. The fourth-order valence-corrected chi connectivity index (χ4v) is 4.98. The second kappa shape index (κ2) is 11.8. The molecule has 5 rings (SSSR count). The van der Waals surface area contributed by atoms with Crippen LogP contribution in [0.5, 0.6) is 0 Å². The van der Waals surface area contributed by atoms with Crippen molar-refractivity contribution in [3.63, 3.8) is 0 Å². The lowest BCUT2D eigenvalue weighted by atomic mass is 10.2. The van der Waals surface area contributed by atoms with E-state index in [0.29, 0.717) is 18.0 Å². The van der Waals surface area contributed by atoms with E-state index in [-0.39, 0.29) is 0 Å². The zero-order valence-electron chi connectivity index (χ0n) is 22.8. The maximum absolute atomic E-state index is 5.48. The largest absolute Gasteiger partial charge is 0.378 e. The summed E-state index contributed by atoms with van der Waals surface area (Å²) in [5.74, 6) is 1.26. The summed E-state index contributed by atoms with van der Waals surface area (Å²) < 4.78 is 7.49. The van der Waals surface area contributed by atoms with Crippen LogP contribution in [-0.4, -0.2) is 75.9 Å². The van der Waals surface area contributed by atoms with E-state index in [1.807, 2.05) is 29.1 Å². The number of aromatic nitrogens is 4. The van der Waals surface area contributed by atoms with Gasteiger partial charge in [-0.15, -0.1) is 0 Å². The lowest BCUT2D eigenvalue weighted by Crippen LogP contribution is -2.40. The molecule has 200 valence electrons. The van der Waals surface area contributed by atoms with Gasteiger partial charge in [0.2, 0.25) is 5.95 Å². The van der Waals surface area contributed by atoms with Gasteiger partial charge in [-0.05, 0) is 64.1 Å². The monoisotopic (exact) mass is 514 g/mol. The quantitative estimate of drug-likeness (QED) is 0.308. The average molecular weight is 515 g/mol. The number of hydrogen-bond acceptors (Lipinski definition) is 8. The minimum absolute atomic E-state index is 0.470. The molecule has 0 spiro atoms. The van der Waals surface area contributed by atoms with E-state index in [0.717, 1.165) is 67.7 Å². The number of para-hydroxylation sites is 1. The van der Waals surface area contributed by atoms with Crippen LogP contribution in [0, 0.1) is 0 Å². The van der Waals surface area contributed by atoms with Crippen molar-refractivity contribution in [3.05, 3.63) is 60.9 Å². The Morgan fingerprint density at radius 3 is 2.29 bits per heavy atom. The van der Waals surface area contributed by atoms with Gasteiger partial charge in [-0.25, -0.2) is 4.98 Å². The minimum Gasteiger partial charge on any atom is -0.378 e. The molecule has 0 atom stereocenters. The van der Waals surface area contributed by atoms with Crippen molar-refractivity contribution in [1.82, 2.24) is 24.4 Å². The number of morpholine rings is 1. The fraction of sp³-hybridized carbons (Fsp3) is 0.414. The van der Waals surface area contributed by atoms with Crippen LogP contribution in [0.15, 0.2) is 60.9 Å². The van der Waals surface area contributed by atoms with E-state index in [4.69, 9.17) is 19.7 Å². The van der Waals surface area contributed by atoms with Crippen LogP contribution in [0.25, 0.3) is 16.9 Å². The lowest BCUT2D eigenvalue weighted by Gasteiger charge is -2.30. The Hall–Kier alpha value is -3.69. The molecule has 2 N–H and O–H groups in total. The van der Waals surface area contributed by atoms with Gasteiger partial charge in [-0.2, -0.15) is 9.97 Å². The molecule has 0 radical (unpaired) electrons. The Bertz CT molecular complexity index is 1310. The molecule has 9 nitrogen and oxygen atoms in total. The number of nitrogens with zero attached hydrogens (tertiary/aromatic N) is 6. The van der Waals surface area contributed by atoms with Crippen LogP contribution in [0.4, 0.5) is 23.1 Å². The van der Waals surface area contributed by atoms with Gasteiger partial charge in [0.05, 0.1) is 13.2 Å². The maximum Gasteiger partial charge on any atom is 0.231 e. The molecule has 38 heavy (non-hydrogen) atoms. The summed E-state index contributed by atoms with van der Waals surface area (Å²) in [6.45, 7) is 14.0. The summed E-state index contributed by atoms with van der Waals surface area (Å²) in [7, 11) is 0. The molecule has 9 heteroatoms. The Balaban J connectivity index is 1.42. The topological polar surface area (TPSA) is 83.4 Å². The molecule has 0 amide bonds. The fourth-order valence-electron chi connectivity index (χ4n) is 4.98. The Kier molecular flexibility index (Phi) is 8.05. The second-order valence-corrected chi connectivity index (χ2v) is 10.1. The van der Waals surface area contributed by atoms with Crippen molar-refractivity contribution in [2.24, 2.45) is 0 Å². The molecular weight excluding hydrogens is 476 g/mol. The molecule has 4 aromatic rings. The van der Waals surface area contributed by atoms with Gasteiger partial charge in [0.25, 0.3) is 0 Å². The van der Waals surface area contributed by atoms with E-state index in [1.165, 1.54) is 5.69 Å². The van der Waals surface area contributed by atoms with Crippen molar-refractivity contribution < 1.29 is 4.74 Å². The first kappa shape index (κ1) is 25.9. The highest BCUT2D eigenvalue weighted by Gasteiger charge is 2.17. The van der Waals surface area contributed by atoms with E-state index in [1.54, 1.807) is 0 Å². The Morgan fingerprint density at radius 2 is 1.61 bits per heavy atom. The zero-order valence-corrected chi connectivity index (χ0v) is 22.8. The zero-order chi connectivity index (χ0) is 26.5. The van der Waals surface area contributed by atoms with E-state index in [2.05, 4.69) is 84.5 Å².